The van der Waals surface area contributed by atoms with Crippen molar-refractivity contribution in [1.29, 1.82) is 0 Å². The number of Topliss-reactive ketones (excluding diaryl/α,β-unsaturated/α-hetero) is 1. The van der Waals surface area contributed by atoms with Gasteiger partial charge in [-0.1, -0.05) is 41.9 Å². The molecule has 0 saturated carbocycles. The molecule has 0 aliphatic rings. The molecule has 0 radical (unpaired) electrons. The molecule has 0 unspecified atom stereocenters. The van der Waals surface area contributed by atoms with Crippen molar-refractivity contribution in [3.8, 4) is 0 Å². The highest BCUT2D eigenvalue weighted by molar-refractivity contribution is 6.30. The van der Waals surface area contributed by atoms with Crippen LogP contribution >= 0.6 is 11.6 Å². The van der Waals surface area contributed by atoms with Crippen molar-refractivity contribution >= 4 is 29.0 Å². The summed E-state index contributed by atoms with van der Waals surface area (Å²) >= 11 is 5.95. The summed E-state index contributed by atoms with van der Waals surface area (Å²) in [5, 5.41) is 0.562. The molecular weight excluding hydrogens is 430 g/mol. The number of H-pyrrole nitrogens is 1. The van der Waals surface area contributed by atoms with Gasteiger partial charge in [-0.2, -0.15) is 0 Å². The van der Waals surface area contributed by atoms with E-state index >= 15 is 0 Å². The lowest BCUT2D eigenvalue weighted by molar-refractivity contribution is -0.127. The van der Waals surface area contributed by atoms with Crippen LogP contribution in [0.3, 0.4) is 0 Å². The lowest BCUT2D eigenvalue weighted by atomic mass is 9.92. The Morgan fingerprint density at radius 1 is 1.06 bits per heavy atom. The van der Waals surface area contributed by atoms with Gasteiger partial charge in [0.2, 0.25) is 5.91 Å². The molecule has 8 heteroatoms. The maximum atomic E-state index is 13.3. The molecule has 2 aromatic carbocycles. The first-order chi connectivity index (χ1) is 15.2. The van der Waals surface area contributed by atoms with E-state index < -0.39 is 17.2 Å². The molecule has 32 heavy (non-hydrogen) atoms. The topological polar surface area (TPSA) is 92.2 Å². The maximum absolute atomic E-state index is 13.3. The van der Waals surface area contributed by atoms with Gasteiger partial charge in [0.25, 0.3) is 5.56 Å². The smallest absolute Gasteiger partial charge is 0.315 e. The van der Waals surface area contributed by atoms with Gasteiger partial charge in [0.15, 0.2) is 5.78 Å². The van der Waals surface area contributed by atoms with E-state index in [1.807, 2.05) is 30.3 Å². The molecule has 0 saturated heterocycles. The molecule has 1 atom stereocenters. The zero-order chi connectivity index (χ0) is 23.3. The van der Waals surface area contributed by atoms with Crippen molar-refractivity contribution in [2.24, 2.45) is 5.92 Å². The average Bonchev–Trinajstić information content (AvgIpc) is 2.77. The number of hydrogen-bond acceptors (Lipinski definition) is 4. The Bertz CT molecular complexity index is 1220. The second-order valence-corrected chi connectivity index (χ2v) is 8.14. The second-order valence-electron chi connectivity index (χ2n) is 7.70. The fourth-order valence-electron chi connectivity index (χ4n) is 3.48. The first-order valence-electron chi connectivity index (χ1n) is 10.1. The van der Waals surface area contributed by atoms with Gasteiger partial charge in [-0.15, -0.1) is 0 Å². The van der Waals surface area contributed by atoms with E-state index in [-0.39, 0.29) is 24.7 Å². The SMILES string of the molecule is Cc1cn(CC(=O)C[C@@H](Cc2ccccc2)C(=O)N(C)c2ccc(Cl)cc2)c(=O)[nH]c1=O. The van der Waals surface area contributed by atoms with E-state index in [4.69, 9.17) is 11.6 Å². The zero-order valence-corrected chi connectivity index (χ0v) is 18.6. The monoisotopic (exact) mass is 453 g/mol. The average molecular weight is 454 g/mol. The summed E-state index contributed by atoms with van der Waals surface area (Å²) in [4.78, 5) is 53.4. The minimum Gasteiger partial charge on any atom is -0.315 e. The van der Waals surface area contributed by atoms with Crippen molar-refractivity contribution in [1.82, 2.24) is 9.55 Å². The molecule has 3 aromatic rings. The number of halogens is 1. The summed E-state index contributed by atoms with van der Waals surface area (Å²) in [6, 6.07) is 16.3. The fraction of sp³-hybridized carbons (Fsp3) is 0.250. The molecule has 0 aliphatic heterocycles. The van der Waals surface area contributed by atoms with E-state index in [1.54, 1.807) is 38.2 Å². The van der Waals surface area contributed by atoms with Crippen LogP contribution in [0.1, 0.15) is 17.5 Å². The van der Waals surface area contributed by atoms with Crippen LogP contribution in [-0.2, 0) is 22.6 Å². The lowest BCUT2D eigenvalue weighted by Gasteiger charge is -2.24. The third kappa shape index (κ3) is 5.82. The molecule has 1 heterocycles. The van der Waals surface area contributed by atoms with E-state index in [1.165, 1.54) is 11.1 Å². The largest absolute Gasteiger partial charge is 0.328 e. The van der Waals surface area contributed by atoms with Crippen LogP contribution in [0.5, 0.6) is 0 Å². The highest BCUT2D eigenvalue weighted by Crippen LogP contribution is 2.22. The Balaban J connectivity index is 1.82. The minimum absolute atomic E-state index is 0.0454. The highest BCUT2D eigenvalue weighted by atomic mass is 35.5. The van der Waals surface area contributed by atoms with E-state index in [9.17, 15) is 19.2 Å². The molecule has 7 nitrogen and oxygen atoms in total. The predicted octanol–water partition coefficient (Wildman–Crippen LogP) is 2.98. The number of carbonyl (C=O) groups excluding carboxylic acids is 2. The summed E-state index contributed by atoms with van der Waals surface area (Å²) in [5.41, 5.74) is 0.785. The summed E-state index contributed by atoms with van der Waals surface area (Å²) in [6.45, 7) is 1.34. The van der Waals surface area contributed by atoms with Crippen molar-refractivity contribution in [3.63, 3.8) is 0 Å². The van der Waals surface area contributed by atoms with Crippen LogP contribution in [0.2, 0.25) is 5.02 Å². The van der Waals surface area contributed by atoms with E-state index in [2.05, 4.69) is 4.98 Å². The molecule has 0 spiro atoms. The molecule has 0 bridgehead atoms. The lowest BCUT2D eigenvalue weighted by Crippen LogP contribution is -2.37. The molecule has 1 aromatic heterocycles. The Morgan fingerprint density at radius 2 is 1.72 bits per heavy atom. The van der Waals surface area contributed by atoms with Crippen molar-refractivity contribution < 1.29 is 9.59 Å². The van der Waals surface area contributed by atoms with Gasteiger partial charge < -0.3 is 4.90 Å². The zero-order valence-electron chi connectivity index (χ0n) is 17.9. The third-order valence-electron chi connectivity index (χ3n) is 5.23. The van der Waals surface area contributed by atoms with Gasteiger partial charge in [0.05, 0.1) is 6.54 Å². The number of benzene rings is 2. The maximum Gasteiger partial charge on any atom is 0.328 e. The molecule has 166 valence electrons. The Morgan fingerprint density at radius 3 is 2.38 bits per heavy atom. The number of carbonyl (C=O) groups is 2. The predicted molar refractivity (Wildman–Crippen MR) is 124 cm³/mol. The second kappa shape index (κ2) is 10.2. The number of amides is 1. The van der Waals surface area contributed by atoms with Gasteiger partial charge >= 0.3 is 5.69 Å². The van der Waals surface area contributed by atoms with Crippen LogP contribution in [-0.4, -0.2) is 28.3 Å². The van der Waals surface area contributed by atoms with Crippen molar-refractivity contribution in [2.45, 2.75) is 26.3 Å². The van der Waals surface area contributed by atoms with Crippen molar-refractivity contribution in [3.05, 3.63) is 97.8 Å². The first-order valence-corrected chi connectivity index (χ1v) is 10.5. The molecular formula is C24H24ClN3O4. The number of ketones is 1. The van der Waals surface area contributed by atoms with Crippen LogP contribution in [0, 0.1) is 12.8 Å². The quantitative estimate of drug-likeness (QED) is 0.567. The number of nitrogens with one attached hydrogen (secondary N) is 1. The van der Waals surface area contributed by atoms with Crippen molar-refractivity contribution in [2.75, 3.05) is 11.9 Å². The standard InChI is InChI=1S/C24H24ClN3O4/c1-16-14-28(24(32)26-22(16)30)15-21(29)13-18(12-17-6-4-3-5-7-17)23(31)27(2)20-10-8-19(25)9-11-20/h3-11,14,18H,12-13,15H2,1-2H3,(H,26,30,32)/t18-/m1/s1. The summed E-state index contributed by atoms with van der Waals surface area (Å²) in [5.74, 6) is -1.11. The van der Waals surface area contributed by atoms with Gasteiger partial charge in [0.1, 0.15) is 0 Å². The van der Waals surface area contributed by atoms with E-state index in [0.29, 0.717) is 22.7 Å². The van der Waals surface area contributed by atoms with Gasteiger partial charge in [0, 0.05) is 41.9 Å². The molecule has 3 rings (SSSR count). The molecule has 0 fully saturated rings. The number of nitrogens with zero attached hydrogens (tertiary/aromatic N) is 2. The fourth-order valence-corrected chi connectivity index (χ4v) is 3.60. The third-order valence-corrected chi connectivity index (χ3v) is 5.48. The highest BCUT2D eigenvalue weighted by Gasteiger charge is 2.26. The number of aryl methyl sites for hydroxylation is 1. The number of hydrogen-bond donors (Lipinski definition) is 1. The summed E-state index contributed by atoms with van der Waals surface area (Å²) in [6.07, 6.45) is 1.69. The van der Waals surface area contributed by atoms with E-state index in [0.717, 1.165) is 10.1 Å². The number of rotatable bonds is 8. The van der Waals surface area contributed by atoms with Gasteiger partial charge in [-0.3, -0.25) is 23.9 Å². The van der Waals surface area contributed by atoms with Gasteiger partial charge in [-0.05, 0) is 43.2 Å². The summed E-state index contributed by atoms with van der Waals surface area (Å²) < 4.78 is 1.16. The summed E-state index contributed by atoms with van der Waals surface area (Å²) in [7, 11) is 1.66. The minimum atomic E-state index is -0.654. The number of aromatic nitrogens is 2. The van der Waals surface area contributed by atoms with Gasteiger partial charge in [-0.25, -0.2) is 4.79 Å². The Hall–Kier alpha value is -3.45. The Kier molecular flexibility index (Phi) is 7.43. The van der Waals surface area contributed by atoms with Crippen LogP contribution in [0.25, 0.3) is 0 Å². The number of aromatic amines is 1. The first kappa shape index (κ1) is 23.2. The van der Waals surface area contributed by atoms with Crippen LogP contribution < -0.4 is 16.1 Å². The molecule has 1 amide bonds. The van der Waals surface area contributed by atoms with Crippen LogP contribution in [0.15, 0.2) is 70.4 Å². The number of anilines is 1. The Labute approximate surface area is 190 Å². The molecule has 1 N–H and O–H groups in total. The van der Waals surface area contributed by atoms with Crippen LogP contribution in [0.4, 0.5) is 5.69 Å². The normalized spacial score (nSPS) is 11.7. The molecule has 0 aliphatic carbocycles.